The molecule has 2 atom stereocenters. The second-order valence-corrected chi connectivity index (χ2v) is 6.11. The average molecular weight is 353 g/mol. The van der Waals surface area contributed by atoms with Crippen LogP contribution >= 0.6 is 35.6 Å². The lowest BCUT2D eigenvalue weighted by atomic mass is 10.1. The van der Waals surface area contributed by atoms with E-state index < -0.39 is 0 Å². The number of halogens is 3. The Hall–Kier alpha value is -0.520. The molecule has 1 saturated heterocycles. The molecule has 1 amide bonds. The van der Waals surface area contributed by atoms with E-state index in [9.17, 15) is 4.79 Å². The molecule has 1 aromatic carbocycles. The summed E-state index contributed by atoms with van der Waals surface area (Å²) in [6, 6.07) is 5.45. The molecule has 0 aliphatic carbocycles. The molecule has 7 heteroatoms. The van der Waals surface area contributed by atoms with Gasteiger partial charge in [-0.05, 0) is 44.0 Å². The second kappa shape index (κ2) is 8.20. The molecule has 2 unspecified atom stereocenters. The molecule has 4 nitrogen and oxygen atoms in total. The average Bonchev–Trinajstić information content (AvgIpc) is 2.74. The van der Waals surface area contributed by atoms with Crippen molar-refractivity contribution in [1.29, 1.82) is 0 Å². The molecule has 0 radical (unpaired) electrons. The Balaban J connectivity index is 0.00000220. The van der Waals surface area contributed by atoms with E-state index in [0.717, 1.165) is 13.0 Å². The van der Waals surface area contributed by atoms with Gasteiger partial charge in [0.05, 0.1) is 16.6 Å². The summed E-state index contributed by atoms with van der Waals surface area (Å²) in [5.41, 5.74) is 6.35. The Morgan fingerprint density at radius 3 is 2.71 bits per heavy atom. The molecular weight excluding hydrogens is 333 g/mol. The SMILES string of the molecule is CC1CC(CN)CN1CC(=O)Nc1ccc(Cl)c(Cl)c1.Cl. The lowest BCUT2D eigenvalue weighted by molar-refractivity contribution is -0.117. The lowest BCUT2D eigenvalue weighted by Crippen LogP contribution is -2.36. The zero-order valence-corrected chi connectivity index (χ0v) is 14.1. The van der Waals surface area contributed by atoms with Gasteiger partial charge in [-0.25, -0.2) is 0 Å². The highest BCUT2D eigenvalue weighted by molar-refractivity contribution is 6.42. The van der Waals surface area contributed by atoms with Crippen LogP contribution in [-0.2, 0) is 4.79 Å². The molecule has 2 rings (SSSR count). The van der Waals surface area contributed by atoms with Crippen LogP contribution < -0.4 is 11.1 Å². The van der Waals surface area contributed by atoms with Gasteiger partial charge in [-0.15, -0.1) is 12.4 Å². The van der Waals surface area contributed by atoms with E-state index in [-0.39, 0.29) is 18.3 Å². The highest BCUT2D eigenvalue weighted by atomic mass is 35.5. The molecule has 21 heavy (non-hydrogen) atoms. The van der Waals surface area contributed by atoms with E-state index in [1.54, 1.807) is 18.2 Å². The van der Waals surface area contributed by atoms with Crippen molar-refractivity contribution >= 4 is 47.2 Å². The maximum Gasteiger partial charge on any atom is 0.238 e. The molecule has 0 saturated carbocycles. The number of amides is 1. The summed E-state index contributed by atoms with van der Waals surface area (Å²) in [6.07, 6.45) is 1.05. The van der Waals surface area contributed by atoms with E-state index in [1.165, 1.54) is 0 Å². The minimum atomic E-state index is -0.0482. The summed E-state index contributed by atoms with van der Waals surface area (Å²) in [5, 5.41) is 3.74. The first-order valence-corrected chi connectivity index (χ1v) is 7.44. The summed E-state index contributed by atoms with van der Waals surface area (Å²) in [6.45, 7) is 4.06. The first kappa shape index (κ1) is 18.5. The normalized spacial score (nSPS) is 21.9. The van der Waals surface area contributed by atoms with Crippen LogP contribution in [0.3, 0.4) is 0 Å². The highest BCUT2D eigenvalue weighted by Crippen LogP contribution is 2.25. The fourth-order valence-electron chi connectivity index (χ4n) is 2.57. The van der Waals surface area contributed by atoms with Crippen LogP contribution in [0.4, 0.5) is 5.69 Å². The first-order valence-electron chi connectivity index (χ1n) is 6.68. The zero-order chi connectivity index (χ0) is 14.7. The van der Waals surface area contributed by atoms with E-state index in [4.69, 9.17) is 28.9 Å². The van der Waals surface area contributed by atoms with Gasteiger partial charge < -0.3 is 11.1 Å². The number of likely N-dealkylation sites (tertiary alicyclic amines) is 1. The topological polar surface area (TPSA) is 58.4 Å². The van der Waals surface area contributed by atoms with Crippen molar-refractivity contribution in [3.05, 3.63) is 28.2 Å². The van der Waals surface area contributed by atoms with Gasteiger partial charge in [0.25, 0.3) is 0 Å². The Labute approximate surface area is 141 Å². The van der Waals surface area contributed by atoms with Crippen LogP contribution in [-0.4, -0.2) is 36.5 Å². The van der Waals surface area contributed by atoms with Gasteiger partial charge in [0.1, 0.15) is 0 Å². The molecule has 1 fully saturated rings. The van der Waals surface area contributed by atoms with E-state index in [1.807, 2.05) is 0 Å². The first-order chi connectivity index (χ1) is 9.49. The number of benzene rings is 1. The van der Waals surface area contributed by atoms with Crippen LogP contribution in [0.15, 0.2) is 18.2 Å². The third-order valence-electron chi connectivity index (χ3n) is 3.67. The molecule has 1 aliphatic rings. The quantitative estimate of drug-likeness (QED) is 0.875. The largest absolute Gasteiger partial charge is 0.330 e. The summed E-state index contributed by atoms with van der Waals surface area (Å²) in [5.74, 6) is 0.440. The van der Waals surface area contributed by atoms with Crippen molar-refractivity contribution < 1.29 is 4.79 Å². The summed E-state index contributed by atoms with van der Waals surface area (Å²) >= 11 is 11.8. The number of hydrogen-bond donors (Lipinski definition) is 2. The third-order valence-corrected chi connectivity index (χ3v) is 4.41. The summed E-state index contributed by atoms with van der Waals surface area (Å²) in [4.78, 5) is 14.2. The summed E-state index contributed by atoms with van der Waals surface area (Å²) < 4.78 is 0. The molecule has 1 heterocycles. The predicted molar refractivity (Wildman–Crippen MR) is 90.5 cm³/mol. The monoisotopic (exact) mass is 351 g/mol. The van der Waals surface area contributed by atoms with E-state index >= 15 is 0 Å². The molecule has 1 aromatic rings. The fourth-order valence-corrected chi connectivity index (χ4v) is 2.87. The molecule has 1 aliphatic heterocycles. The van der Waals surface area contributed by atoms with Crippen molar-refractivity contribution in [2.24, 2.45) is 11.7 Å². The van der Waals surface area contributed by atoms with Gasteiger partial charge >= 0.3 is 0 Å². The number of carbonyl (C=O) groups is 1. The minimum Gasteiger partial charge on any atom is -0.330 e. The van der Waals surface area contributed by atoms with Crippen LogP contribution in [0, 0.1) is 5.92 Å². The number of nitrogens with zero attached hydrogens (tertiary/aromatic N) is 1. The number of carbonyl (C=O) groups excluding carboxylic acids is 1. The number of nitrogens with one attached hydrogen (secondary N) is 1. The van der Waals surface area contributed by atoms with Gasteiger partial charge in [-0.1, -0.05) is 23.2 Å². The number of anilines is 1. The molecule has 3 N–H and O–H groups in total. The van der Waals surface area contributed by atoms with E-state index in [2.05, 4.69) is 17.1 Å². The number of hydrogen-bond acceptors (Lipinski definition) is 3. The van der Waals surface area contributed by atoms with Gasteiger partial charge in [0.2, 0.25) is 5.91 Å². The molecule has 0 bridgehead atoms. The van der Waals surface area contributed by atoms with Crippen molar-refractivity contribution in [2.75, 3.05) is 25.0 Å². The molecule has 0 aromatic heterocycles. The van der Waals surface area contributed by atoms with Crippen LogP contribution in [0.25, 0.3) is 0 Å². The van der Waals surface area contributed by atoms with Gasteiger partial charge in [0, 0.05) is 18.3 Å². The van der Waals surface area contributed by atoms with Crippen molar-refractivity contribution in [2.45, 2.75) is 19.4 Å². The predicted octanol–water partition coefficient (Wildman–Crippen LogP) is 3.02. The number of nitrogens with two attached hydrogens (primary N) is 1. The Bertz CT molecular complexity index is 498. The van der Waals surface area contributed by atoms with Crippen molar-refractivity contribution in [1.82, 2.24) is 4.90 Å². The van der Waals surface area contributed by atoms with Gasteiger partial charge in [0.15, 0.2) is 0 Å². The minimum absolute atomic E-state index is 0. The van der Waals surface area contributed by atoms with Crippen molar-refractivity contribution in [3.63, 3.8) is 0 Å². The Kier molecular flexibility index (Phi) is 7.24. The van der Waals surface area contributed by atoms with Crippen LogP contribution in [0.5, 0.6) is 0 Å². The smallest absolute Gasteiger partial charge is 0.238 e. The third kappa shape index (κ3) is 5.01. The molecule has 118 valence electrons. The molecular formula is C14H20Cl3N3O. The maximum atomic E-state index is 12.0. The second-order valence-electron chi connectivity index (χ2n) is 5.29. The van der Waals surface area contributed by atoms with E-state index in [0.29, 0.717) is 40.8 Å². The number of rotatable bonds is 4. The van der Waals surface area contributed by atoms with Crippen LogP contribution in [0.2, 0.25) is 10.0 Å². The van der Waals surface area contributed by atoms with Gasteiger partial charge in [-0.3, -0.25) is 9.69 Å². The van der Waals surface area contributed by atoms with Crippen molar-refractivity contribution in [3.8, 4) is 0 Å². The fraction of sp³-hybridized carbons (Fsp3) is 0.500. The zero-order valence-electron chi connectivity index (χ0n) is 11.8. The summed E-state index contributed by atoms with van der Waals surface area (Å²) in [7, 11) is 0. The Morgan fingerprint density at radius 1 is 1.43 bits per heavy atom. The standard InChI is InChI=1S/C14H19Cl2N3O.ClH/c1-9-4-10(6-17)7-19(9)8-14(20)18-11-2-3-12(15)13(16)5-11;/h2-3,5,9-10H,4,6-8,17H2,1H3,(H,18,20);1H. The highest BCUT2D eigenvalue weighted by Gasteiger charge is 2.29. The molecule has 0 spiro atoms. The maximum absolute atomic E-state index is 12.0. The van der Waals surface area contributed by atoms with Crippen LogP contribution in [0.1, 0.15) is 13.3 Å². The Morgan fingerprint density at radius 2 is 2.14 bits per heavy atom. The lowest BCUT2D eigenvalue weighted by Gasteiger charge is -2.20. The van der Waals surface area contributed by atoms with Gasteiger partial charge in [-0.2, -0.15) is 0 Å².